The first kappa shape index (κ1) is 28.3. The zero-order valence-electron chi connectivity index (χ0n) is 22.7. The number of hydrogen-bond donors (Lipinski definition) is 4. The quantitative estimate of drug-likeness (QED) is 0.332. The van der Waals surface area contributed by atoms with E-state index in [1.807, 2.05) is 13.0 Å². The molecule has 7 nitrogen and oxygen atoms in total. The molecule has 2 aliphatic rings. The molecule has 0 bridgehead atoms. The zero-order valence-corrected chi connectivity index (χ0v) is 22.7. The minimum Gasteiger partial charge on any atom is -0.391 e. The molecular formula is C30H34BF2N4O3. The van der Waals surface area contributed by atoms with Crippen LogP contribution in [0.25, 0.3) is 11.3 Å². The van der Waals surface area contributed by atoms with Gasteiger partial charge in [-0.1, -0.05) is 31.7 Å². The summed E-state index contributed by atoms with van der Waals surface area (Å²) in [6.07, 6.45) is 6.62. The van der Waals surface area contributed by atoms with E-state index < -0.39 is 29.2 Å². The van der Waals surface area contributed by atoms with E-state index in [0.717, 1.165) is 30.9 Å². The fourth-order valence-electron chi connectivity index (χ4n) is 6.05. The van der Waals surface area contributed by atoms with Crippen LogP contribution >= 0.6 is 0 Å². The molecule has 1 aromatic carbocycles. The highest BCUT2D eigenvalue weighted by Crippen LogP contribution is 2.42. The van der Waals surface area contributed by atoms with Gasteiger partial charge in [0.25, 0.3) is 5.91 Å². The maximum Gasteiger partial charge on any atom is 0.274 e. The molecule has 0 aliphatic heterocycles. The van der Waals surface area contributed by atoms with Crippen molar-refractivity contribution >= 4 is 24.3 Å². The fraction of sp³-hybridized carbons (Fsp3) is 0.433. The van der Waals surface area contributed by atoms with Gasteiger partial charge in [-0.2, -0.15) is 0 Å². The third-order valence-corrected chi connectivity index (χ3v) is 8.60. The van der Waals surface area contributed by atoms with Crippen molar-refractivity contribution in [3.05, 3.63) is 71.2 Å². The summed E-state index contributed by atoms with van der Waals surface area (Å²) in [7, 11) is 1.63. The number of aliphatic hydroxyl groups excluding tert-OH is 1. The van der Waals surface area contributed by atoms with E-state index in [9.17, 15) is 15.0 Å². The number of amides is 1. The highest BCUT2D eigenvalue weighted by molar-refractivity contribution is 6.54. The summed E-state index contributed by atoms with van der Waals surface area (Å²) in [4.78, 5) is 21.7. The average Bonchev–Trinajstić information content (AvgIpc) is 2.93. The van der Waals surface area contributed by atoms with Crippen molar-refractivity contribution in [1.82, 2.24) is 9.97 Å². The summed E-state index contributed by atoms with van der Waals surface area (Å²) in [5.41, 5.74) is 6.89. The number of nitrogens with one attached hydrogen (secondary N) is 1. The summed E-state index contributed by atoms with van der Waals surface area (Å²) in [5.74, 6) is -2.02. The average molecular weight is 547 g/mol. The zero-order chi connectivity index (χ0) is 28.6. The van der Waals surface area contributed by atoms with E-state index in [2.05, 4.69) is 15.3 Å². The van der Waals surface area contributed by atoms with Crippen molar-refractivity contribution in [2.75, 3.05) is 5.32 Å². The van der Waals surface area contributed by atoms with Crippen LogP contribution < -0.4 is 16.5 Å². The van der Waals surface area contributed by atoms with E-state index >= 15 is 8.78 Å². The second-order valence-corrected chi connectivity index (χ2v) is 11.0. The number of carbonyl (C=O) groups excluding carboxylic acids is 1. The number of halogens is 2. The molecule has 5 N–H and O–H groups in total. The molecule has 0 saturated heterocycles. The Kier molecular flexibility index (Phi) is 8.04. The van der Waals surface area contributed by atoms with Gasteiger partial charge in [-0.05, 0) is 79.3 Å². The van der Waals surface area contributed by atoms with Crippen molar-refractivity contribution in [3.63, 3.8) is 0 Å². The number of hydrogen-bond acceptors (Lipinski definition) is 6. The summed E-state index contributed by atoms with van der Waals surface area (Å²) < 4.78 is 30.5. The van der Waals surface area contributed by atoms with E-state index in [-0.39, 0.29) is 34.8 Å². The van der Waals surface area contributed by atoms with Gasteiger partial charge in [0.15, 0.2) is 0 Å². The molecule has 2 aromatic heterocycles. The Morgan fingerprint density at radius 2 is 1.98 bits per heavy atom. The van der Waals surface area contributed by atoms with Gasteiger partial charge in [0.2, 0.25) is 0 Å². The Morgan fingerprint density at radius 3 is 2.65 bits per heavy atom. The van der Waals surface area contributed by atoms with Gasteiger partial charge in [0.1, 0.15) is 30.3 Å². The first-order chi connectivity index (χ1) is 19.1. The molecule has 4 unspecified atom stereocenters. The van der Waals surface area contributed by atoms with Crippen LogP contribution in [0.4, 0.5) is 14.5 Å². The second-order valence-electron chi connectivity index (χ2n) is 11.0. The Hall–Kier alpha value is -3.21. The van der Waals surface area contributed by atoms with Crippen LogP contribution in [-0.2, 0) is 5.60 Å². The number of aromatic nitrogens is 2. The lowest BCUT2D eigenvalue weighted by molar-refractivity contribution is -0.0389. The number of anilines is 1. The molecule has 5 rings (SSSR count). The molecule has 0 spiro atoms. The molecule has 10 heteroatoms. The van der Waals surface area contributed by atoms with Crippen LogP contribution in [0.3, 0.4) is 0 Å². The van der Waals surface area contributed by atoms with Gasteiger partial charge >= 0.3 is 0 Å². The van der Waals surface area contributed by atoms with Crippen molar-refractivity contribution in [2.24, 2.45) is 11.7 Å². The second kappa shape index (κ2) is 11.3. The van der Waals surface area contributed by atoms with Crippen LogP contribution in [0, 0.1) is 17.6 Å². The van der Waals surface area contributed by atoms with Gasteiger partial charge in [0.05, 0.1) is 23.6 Å². The monoisotopic (exact) mass is 547 g/mol. The smallest absolute Gasteiger partial charge is 0.274 e. The Labute approximate surface area is 233 Å². The topological polar surface area (TPSA) is 121 Å². The van der Waals surface area contributed by atoms with Crippen LogP contribution in [0.1, 0.15) is 73.0 Å². The molecular weight excluding hydrogens is 513 g/mol. The maximum absolute atomic E-state index is 15.4. The molecule has 209 valence electrons. The molecule has 1 amide bonds. The molecule has 3 aromatic rings. The minimum absolute atomic E-state index is 0.0131. The van der Waals surface area contributed by atoms with E-state index in [1.54, 1.807) is 32.6 Å². The third-order valence-electron chi connectivity index (χ3n) is 8.60. The molecule has 1 radical (unpaired) electrons. The predicted octanol–water partition coefficient (Wildman–Crippen LogP) is 4.02. The number of benzene rings is 1. The number of carbonyl (C=O) groups is 1. The van der Waals surface area contributed by atoms with Crippen molar-refractivity contribution in [3.8, 4) is 11.3 Å². The molecule has 2 aliphatic carbocycles. The van der Waals surface area contributed by atoms with E-state index in [1.165, 1.54) is 12.1 Å². The van der Waals surface area contributed by atoms with Crippen LogP contribution in [-0.4, -0.2) is 45.5 Å². The molecule has 2 saturated carbocycles. The van der Waals surface area contributed by atoms with Gasteiger partial charge in [-0.3, -0.25) is 9.78 Å². The van der Waals surface area contributed by atoms with E-state index in [0.29, 0.717) is 36.0 Å². The standard InChI is InChI=1S/C30H34BF2N4O3/c1-3-16-11-17(12-23(34)28(16)38)19-7-10-35-15-25(19)37-29(39)24-6-5-21(32)27(36-24)26-20(31-2)13-18(14-22(26)33)30(40)8-4-9-30/h5-7,10,13-17,23,28,38,40H,3-4,8-9,11-12,34H2,1-2H3,(H,37,39). The van der Waals surface area contributed by atoms with Crippen LogP contribution in [0.15, 0.2) is 42.7 Å². The number of aliphatic hydroxyl groups is 2. The number of nitrogens with zero attached hydrogens (tertiary/aromatic N) is 2. The summed E-state index contributed by atoms with van der Waals surface area (Å²) in [5, 5.41) is 24.0. The Morgan fingerprint density at radius 1 is 1.20 bits per heavy atom. The SMILES string of the molecule is C[B]c1cc(C2(O)CCC2)cc(F)c1-c1nc(C(=O)Nc2cnccc2C2CC(N)C(O)C(CC)C2)ccc1F. The first-order valence-corrected chi connectivity index (χ1v) is 13.9. The highest BCUT2D eigenvalue weighted by Gasteiger charge is 2.38. The number of pyridine rings is 2. The number of nitrogens with two attached hydrogens (primary N) is 1. The molecule has 2 heterocycles. The highest BCUT2D eigenvalue weighted by atomic mass is 19.1. The van der Waals surface area contributed by atoms with Crippen molar-refractivity contribution in [2.45, 2.75) is 75.9 Å². The molecule has 40 heavy (non-hydrogen) atoms. The lowest BCUT2D eigenvalue weighted by atomic mass is 9.66. The minimum atomic E-state index is -1.08. The summed E-state index contributed by atoms with van der Waals surface area (Å²) in [6.45, 7) is 3.72. The van der Waals surface area contributed by atoms with Crippen molar-refractivity contribution in [1.29, 1.82) is 0 Å². The largest absolute Gasteiger partial charge is 0.391 e. The van der Waals surface area contributed by atoms with Gasteiger partial charge < -0.3 is 21.3 Å². The predicted molar refractivity (Wildman–Crippen MR) is 151 cm³/mol. The normalized spacial score (nSPS) is 23.8. The van der Waals surface area contributed by atoms with Crippen molar-refractivity contribution < 1.29 is 23.8 Å². The third kappa shape index (κ3) is 5.28. The lowest BCUT2D eigenvalue weighted by Crippen LogP contribution is -2.45. The summed E-state index contributed by atoms with van der Waals surface area (Å²) >= 11 is 0. The Bertz CT molecular complexity index is 1420. The molecule has 2 fully saturated rings. The fourth-order valence-corrected chi connectivity index (χ4v) is 6.05. The summed E-state index contributed by atoms with van der Waals surface area (Å²) in [6, 6.07) is 6.69. The number of rotatable bonds is 7. The van der Waals surface area contributed by atoms with Gasteiger partial charge in [-0.25, -0.2) is 13.8 Å². The van der Waals surface area contributed by atoms with Gasteiger partial charge in [-0.15, -0.1) is 0 Å². The van der Waals surface area contributed by atoms with Gasteiger partial charge in [0, 0.05) is 17.8 Å². The van der Waals surface area contributed by atoms with Crippen LogP contribution in [0.5, 0.6) is 0 Å². The Balaban J connectivity index is 1.44. The first-order valence-electron chi connectivity index (χ1n) is 13.9. The lowest BCUT2D eigenvalue weighted by Gasteiger charge is -2.38. The molecule has 4 atom stereocenters. The maximum atomic E-state index is 15.4. The van der Waals surface area contributed by atoms with Crippen LogP contribution in [0.2, 0.25) is 6.82 Å². The van der Waals surface area contributed by atoms with E-state index in [4.69, 9.17) is 5.73 Å².